The zero-order valence-electron chi connectivity index (χ0n) is 11.9. The zero-order chi connectivity index (χ0) is 13.4. The Hall–Kier alpha value is -0.200. The molecule has 0 saturated carbocycles. The molecule has 5 nitrogen and oxygen atoms in total. The van der Waals surface area contributed by atoms with Crippen molar-refractivity contribution in [3.05, 3.63) is 0 Å². The van der Waals surface area contributed by atoms with Gasteiger partial charge in [-0.3, -0.25) is 4.90 Å². The summed E-state index contributed by atoms with van der Waals surface area (Å²) >= 11 is 0. The second kappa shape index (κ2) is 8.82. The molecule has 0 amide bonds. The van der Waals surface area contributed by atoms with Crippen molar-refractivity contribution in [3.63, 3.8) is 0 Å². The third kappa shape index (κ3) is 5.20. The van der Waals surface area contributed by atoms with Gasteiger partial charge in [0.25, 0.3) is 0 Å². The Morgan fingerprint density at radius 3 is 2.72 bits per heavy atom. The molecule has 0 aromatic rings. The summed E-state index contributed by atoms with van der Waals surface area (Å²) in [7, 11) is 3.46. The smallest absolute Gasteiger partial charge is 0.0615 e. The van der Waals surface area contributed by atoms with E-state index in [1.165, 1.54) is 0 Å². The molecule has 0 aliphatic carbocycles. The Morgan fingerprint density at radius 2 is 2.17 bits per heavy atom. The molecule has 3 atom stereocenters. The van der Waals surface area contributed by atoms with Gasteiger partial charge < -0.3 is 19.9 Å². The maximum Gasteiger partial charge on any atom is 0.0615 e. The predicted octanol–water partition coefficient (Wildman–Crippen LogP) is 0.334. The minimum Gasteiger partial charge on any atom is -0.383 e. The molecule has 0 aromatic carbocycles. The molecule has 2 N–H and O–H groups in total. The highest BCUT2D eigenvalue weighted by atomic mass is 16.5. The third-order valence-corrected chi connectivity index (χ3v) is 3.63. The molecule has 0 radical (unpaired) electrons. The van der Waals surface area contributed by atoms with Crippen molar-refractivity contribution >= 4 is 0 Å². The maximum atomic E-state index is 6.28. The Labute approximate surface area is 111 Å². The van der Waals surface area contributed by atoms with Crippen LogP contribution in [0.3, 0.4) is 0 Å². The molecular formula is C13H28N2O3. The van der Waals surface area contributed by atoms with E-state index in [0.717, 1.165) is 45.9 Å². The van der Waals surface area contributed by atoms with E-state index in [1.54, 1.807) is 14.2 Å². The number of rotatable bonds is 9. The van der Waals surface area contributed by atoms with Crippen LogP contribution in [0.5, 0.6) is 0 Å². The van der Waals surface area contributed by atoms with Crippen LogP contribution in [-0.4, -0.2) is 70.7 Å². The van der Waals surface area contributed by atoms with Crippen LogP contribution < -0.4 is 5.73 Å². The molecule has 1 saturated heterocycles. The highest BCUT2D eigenvalue weighted by Crippen LogP contribution is 2.16. The molecule has 1 rings (SSSR count). The summed E-state index contributed by atoms with van der Waals surface area (Å²) in [6.07, 6.45) is 1.08. The van der Waals surface area contributed by atoms with E-state index in [9.17, 15) is 0 Å². The predicted molar refractivity (Wildman–Crippen MR) is 71.7 cm³/mol. The van der Waals surface area contributed by atoms with Crippen molar-refractivity contribution in [2.24, 2.45) is 11.7 Å². The summed E-state index contributed by atoms with van der Waals surface area (Å²) in [5, 5.41) is 0. The summed E-state index contributed by atoms with van der Waals surface area (Å²) < 4.78 is 15.8. The van der Waals surface area contributed by atoms with E-state index >= 15 is 0 Å². The Bertz CT molecular complexity index is 210. The van der Waals surface area contributed by atoms with Gasteiger partial charge in [0.1, 0.15) is 0 Å². The molecule has 0 aromatic heterocycles. The van der Waals surface area contributed by atoms with Crippen LogP contribution in [-0.2, 0) is 14.2 Å². The quantitative estimate of drug-likeness (QED) is 0.647. The fraction of sp³-hybridized carbons (Fsp3) is 1.00. The molecule has 1 heterocycles. The second-order valence-electron chi connectivity index (χ2n) is 5.08. The monoisotopic (exact) mass is 260 g/mol. The van der Waals surface area contributed by atoms with Gasteiger partial charge in [0.05, 0.1) is 19.8 Å². The minimum absolute atomic E-state index is 0.170. The zero-order valence-corrected chi connectivity index (χ0v) is 11.9. The molecule has 108 valence electrons. The number of ether oxygens (including phenoxy) is 3. The lowest BCUT2D eigenvalue weighted by Crippen LogP contribution is -2.48. The van der Waals surface area contributed by atoms with Crippen molar-refractivity contribution in [1.82, 2.24) is 4.90 Å². The lowest BCUT2D eigenvalue weighted by Gasteiger charge is -2.32. The van der Waals surface area contributed by atoms with Crippen molar-refractivity contribution in [2.45, 2.75) is 25.4 Å². The maximum absolute atomic E-state index is 6.28. The van der Waals surface area contributed by atoms with Gasteiger partial charge in [0, 0.05) is 51.9 Å². The second-order valence-corrected chi connectivity index (χ2v) is 5.08. The summed E-state index contributed by atoms with van der Waals surface area (Å²) in [5.41, 5.74) is 6.28. The molecule has 0 bridgehead atoms. The van der Waals surface area contributed by atoms with Crippen LogP contribution in [0.15, 0.2) is 0 Å². The Morgan fingerprint density at radius 1 is 1.39 bits per heavy atom. The fourth-order valence-corrected chi connectivity index (χ4v) is 2.36. The minimum atomic E-state index is 0.170. The van der Waals surface area contributed by atoms with E-state index in [2.05, 4.69) is 11.8 Å². The van der Waals surface area contributed by atoms with Crippen molar-refractivity contribution in [2.75, 3.05) is 53.7 Å². The summed E-state index contributed by atoms with van der Waals surface area (Å²) in [5.74, 6) is 0.491. The first-order valence-corrected chi connectivity index (χ1v) is 6.74. The summed E-state index contributed by atoms with van der Waals surface area (Å²) in [6.45, 7) is 7.03. The molecule has 1 aliphatic heterocycles. The number of nitrogens with two attached hydrogens (primary N) is 1. The van der Waals surface area contributed by atoms with Gasteiger partial charge in [-0.25, -0.2) is 0 Å². The number of hydrogen-bond donors (Lipinski definition) is 1. The van der Waals surface area contributed by atoms with E-state index in [4.69, 9.17) is 19.9 Å². The van der Waals surface area contributed by atoms with Crippen LogP contribution in [0.1, 0.15) is 13.3 Å². The van der Waals surface area contributed by atoms with Gasteiger partial charge in [-0.2, -0.15) is 0 Å². The standard InChI is InChI=1S/C13H28N2O3/c1-11(9-17-3)15(5-7-16-2)8-13(14)12-4-6-18-10-12/h11-13H,4-10,14H2,1-3H3. The molecule has 3 unspecified atom stereocenters. The Kier molecular flexibility index (Phi) is 7.77. The number of hydrogen-bond acceptors (Lipinski definition) is 5. The lowest BCUT2D eigenvalue weighted by atomic mass is 9.99. The average Bonchev–Trinajstić information content (AvgIpc) is 2.88. The molecule has 18 heavy (non-hydrogen) atoms. The molecule has 1 aliphatic rings. The molecule has 5 heteroatoms. The fourth-order valence-electron chi connectivity index (χ4n) is 2.36. The van der Waals surface area contributed by atoms with Gasteiger partial charge in [0.2, 0.25) is 0 Å². The SMILES string of the molecule is COCCN(CC(N)C1CCOC1)C(C)COC. The van der Waals surface area contributed by atoms with Crippen LogP contribution in [0, 0.1) is 5.92 Å². The van der Waals surface area contributed by atoms with Crippen molar-refractivity contribution in [1.29, 1.82) is 0 Å². The van der Waals surface area contributed by atoms with Gasteiger partial charge >= 0.3 is 0 Å². The van der Waals surface area contributed by atoms with E-state index < -0.39 is 0 Å². The van der Waals surface area contributed by atoms with Crippen molar-refractivity contribution < 1.29 is 14.2 Å². The van der Waals surface area contributed by atoms with Gasteiger partial charge in [-0.15, -0.1) is 0 Å². The lowest BCUT2D eigenvalue weighted by molar-refractivity contribution is 0.0661. The topological polar surface area (TPSA) is 57.0 Å². The first-order chi connectivity index (χ1) is 8.69. The number of methoxy groups -OCH3 is 2. The highest BCUT2D eigenvalue weighted by Gasteiger charge is 2.26. The number of nitrogens with zero attached hydrogens (tertiary/aromatic N) is 1. The highest BCUT2D eigenvalue weighted by molar-refractivity contribution is 4.81. The Balaban J connectivity index is 2.42. The first kappa shape index (κ1) is 15.9. The van der Waals surface area contributed by atoms with Gasteiger partial charge in [0.15, 0.2) is 0 Å². The van der Waals surface area contributed by atoms with Crippen LogP contribution in [0.4, 0.5) is 0 Å². The molecule has 0 spiro atoms. The largest absolute Gasteiger partial charge is 0.383 e. The van der Waals surface area contributed by atoms with Crippen molar-refractivity contribution in [3.8, 4) is 0 Å². The average molecular weight is 260 g/mol. The van der Waals surface area contributed by atoms with Gasteiger partial charge in [-0.1, -0.05) is 0 Å². The first-order valence-electron chi connectivity index (χ1n) is 6.74. The third-order valence-electron chi connectivity index (χ3n) is 3.63. The van der Waals surface area contributed by atoms with E-state index in [0.29, 0.717) is 12.0 Å². The van der Waals surface area contributed by atoms with Crippen LogP contribution in [0.25, 0.3) is 0 Å². The van der Waals surface area contributed by atoms with Gasteiger partial charge in [-0.05, 0) is 13.3 Å². The summed E-state index contributed by atoms with van der Waals surface area (Å²) in [6, 6.07) is 0.530. The van der Waals surface area contributed by atoms with E-state index in [1.807, 2.05) is 0 Å². The van der Waals surface area contributed by atoms with Crippen LogP contribution >= 0.6 is 0 Å². The molecule has 1 fully saturated rings. The summed E-state index contributed by atoms with van der Waals surface area (Å²) in [4.78, 5) is 2.34. The van der Waals surface area contributed by atoms with Crippen LogP contribution in [0.2, 0.25) is 0 Å². The normalized spacial score (nSPS) is 23.5. The van der Waals surface area contributed by atoms with E-state index in [-0.39, 0.29) is 6.04 Å². The molecular weight excluding hydrogens is 232 g/mol.